The van der Waals surface area contributed by atoms with Crippen LogP contribution in [0.3, 0.4) is 0 Å². The highest BCUT2D eigenvalue weighted by Gasteiger charge is 2.37. The zero-order valence-corrected chi connectivity index (χ0v) is 18.4. The van der Waals surface area contributed by atoms with Crippen molar-refractivity contribution in [3.8, 4) is 0 Å². The molecule has 7 nitrogen and oxygen atoms in total. The number of anilines is 1. The first-order valence-electron chi connectivity index (χ1n) is 10.4. The number of methoxy groups -OCH3 is 1. The van der Waals surface area contributed by atoms with E-state index in [1.807, 2.05) is 38.1 Å². The lowest BCUT2D eigenvalue weighted by molar-refractivity contribution is -0.132. The van der Waals surface area contributed by atoms with Crippen LogP contribution in [0, 0.1) is 12.8 Å². The number of hydrazone groups is 1. The van der Waals surface area contributed by atoms with Gasteiger partial charge in [0.1, 0.15) is 0 Å². The molecule has 166 valence electrons. The van der Waals surface area contributed by atoms with Crippen LogP contribution in [-0.4, -0.2) is 35.8 Å². The number of carbonyl (C=O) groups is 3. The third-order valence-corrected chi connectivity index (χ3v) is 5.29. The molecule has 0 radical (unpaired) electrons. The molecule has 1 aliphatic heterocycles. The van der Waals surface area contributed by atoms with Crippen LogP contribution in [0.2, 0.25) is 0 Å². The van der Waals surface area contributed by atoms with E-state index in [0.717, 1.165) is 12.0 Å². The number of rotatable bonds is 8. The van der Waals surface area contributed by atoms with Gasteiger partial charge in [-0.25, -0.2) is 14.6 Å². The zero-order valence-electron chi connectivity index (χ0n) is 18.4. The Morgan fingerprint density at radius 2 is 1.78 bits per heavy atom. The number of aliphatic carboxylic acids is 1. The van der Waals surface area contributed by atoms with Gasteiger partial charge in [0.2, 0.25) is 0 Å². The first-order chi connectivity index (χ1) is 15.3. The van der Waals surface area contributed by atoms with E-state index in [1.54, 1.807) is 24.3 Å². The van der Waals surface area contributed by atoms with E-state index in [9.17, 15) is 19.5 Å². The maximum absolute atomic E-state index is 13.2. The van der Waals surface area contributed by atoms with Crippen molar-refractivity contribution >= 4 is 35.3 Å². The standard InChI is InChI=1S/C25H26N2O5/c1-4-5-22-21(23(28)27(26-22)20-12-6-16(2)7-13-20)15-19(24(29)30)14-17-8-10-18(11-9-17)25(31)32-3/h6-14,21H,4-5,15H2,1-3H3,(H,29,30)/b19-14-. The quantitative estimate of drug-likeness (QED) is 0.489. The molecule has 1 atom stereocenters. The Bertz CT molecular complexity index is 1070. The van der Waals surface area contributed by atoms with Gasteiger partial charge in [0.25, 0.3) is 5.91 Å². The van der Waals surface area contributed by atoms with Crippen molar-refractivity contribution in [3.05, 3.63) is 70.8 Å². The third kappa shape index (κ3) is 5.11. The first kappa shape index (κ1) is 22.9. The number of hydrogen-bond acceptors (Lipinski definition) is 5. The fourth-order valence-electron chi connectivity index (χ4n) is 3.56. The highest BCUT2D eigenvalue weighted by Crippen LogP contribution is 2.30. The van der Waals surface area contributed by atoms with E-state index < -0.39 is 17.9 Å². The van der Waals surface area contributed by atoms with Crippen LogP contribution in [0.25, 0.3) is 6.08 Å². The summed E-state index contributed by atoms with van der Waals surface area (Å²) in [5.41, 5.74) is 3.51. The number of carboxylic acid groups (broad SMARTS) is 1. The second kappa shape index (κ2) is 10.0. The van der Waals surface area contributed by atoms with E-state index in [4.69, 9.17) is 0 Å². The summed E-state index contributed by atoms with van der Waals surface area (Å²) < 4.78 is 4.68. The van der Waals surface area contributed by atoms with Gasteiger partial charge in [0.15, 0.2) is 0 Å². The van der Waals surface area contributed by atoms with Gasteiger partial charge >= 0.3 is 11.9 Å². The molecule has 2 aromatic rings. The lowest BCUT2D eigenvalue weighted by Crippen LogP contribution is -2.28. The summed E-state index contributed by atoms with van der Waals surface area (Å²) in [6.07, 6.45) is 2.97. The lowest BCUT2D eigenvalue weighted by atomic mass is 9.91. The molecule has 1 N–H and O–H groups in total. The summed E-state index contributed by atoms with van der Waals surface area (Å²) in [7, 11) is 1.30. The summed E-state index contributed by atoms with van der Waals surface area (Å²) in [6.45, 7) is 3.96. The monoisotopic (exact) mass is 434 g/mol. The lowest BCUT2D eigenvalue weighted by Gasteiger charge is -2.15. The van der Waals surface area contributed by atoms with Gasteiger partial charge < -0.3 is 9.84 Å². The fraction of sp³-hybridized carbons (Fsp3) is 0.280. The molecule has 1 amide bonds. The van der Waals surface area contributed by atoms with E-state index in [1.165, 1.54) is 18.2 Å². The maximum atomic E-state index is 13.2. The molecule has 2 aromatic carbocycles. The fourth-order valence-corrected chi connectivity index (χ4v) is 3.56. The molecule has 3 rings (SSSR count). The molecule has 32 heavy (non-hydrogen) atoms. The van der Waals surface area contributed by atoms with Crippen molar-refractivity contribution in [3.63, 3.8) is 0 Å². The molecule has 0 fully saturated rings. The predicted octanol–water partition coefficient (Wildman–Crippen LogP) is 4.46. The molecule has 7 heteroatoms. The number of ether oxygens (including phenoxy) is 1. The molecule has 1 aliphatic rings. The van der Waals surface area contributed by atoms with Crippen molar-refractivity contribution in [2.24, 2.45) is 11.0 Å². The topological polar surface area (TPSA) is 96.3 Å². The van der Waals surface area contributed by atoms with E-state index >= 15 is 0 Å². The summed E-state index contributed by atoms with van der Waals surface area (Å²) in [6, 6.07) is 13.9. The number of aryl methyl sites for hydroxylation is 1. The van der Waals surface area contributed by atoms with Crippen LogP contribution < -0.4 is 5.01 Å². The average molecular weight is 434 g/mol. The van der Waals surface area contributed by atoms with Gasteiger partial charge in [-0.05, 0) is 55.7 Å². The van der Waals surface area contributed by atoms with E-state index in [0.29, 0.717) is 28.9 Å². The smallest absolute Gasteiger partial charge is 0.337 e. The highest BCUT2D eigenvalue weighted by molar-refractivity contribution is 6.16. The molecule has 1 heterocycles. The van der Waals surface area contributed by atoms with E-state index in [2.05, 4.69) is 9.84 Å². The summed E-state index contributed by atoms with van der Waals surface area (Å²) >= 11 is 0. The summed E-state index contributed by atoms with van der Waals surface area (Å²) in [5.74, 6) is -2.43. The van der Waals surface area contributed by atoms with Crippen molar-refractivity contribution in [2.45, 2.75) is 33.1 Å². The second-order valence-corrected chi connectivity index (χ2v) is 7.67. The molecule has 1 unspecified atom stereocenters. The molecule has 0 saturated carbocycles. The number of esters is 1. The van der Waals surface area contributed by atoms with Crippen LogP contribution in [-0.2, 0) is 14.3 Å². The van der Waals surface area contributed by atoms with Gasteiger partial charge in [-0.15, -0.1) is 0 Å². The van der Waals surface area contributed by atoms with Crippen molar-refractivity contribution in [1.82, 2.24) is 0 Å². The SMILES string of the molecule is CCCC1=NN(c2ccc(C)cc2)C(=O)C1C/C(=C/c1ccc(C(=O)OC)cc1)C(=O)O. The largest absolute Gasteiger partial charge is 0.478 e. The van der Waals surface area contributed by atoms with E-state index in [-0.39, 0.29) is 17.9 Å². The van der Waals surface area contributed by atoms with Crippen LogP contribution >= 0.6 is 0 Å². The minimum Gasteiger partial charge on any atom is -0.478 e. The number of amides is 1. The Labute approximate surface area is 187 Å². The van der Waals surface area contributed by atoms with Crippen molar-refractivity contribution < 1.29 is 24.2 Å². The Morgan fingerprint density at radius 1 is 1.12 bits per heavy atom. The van der Waals surface area contributed by atoms with Gasteiger partial charge in [-0.1, -0.05) is 43.2 Å². The van der Waals surface area contributed by atoms with Crippen LogP contribution in [0.5, 0.6) is 0 Å². The van der Waals surface area contributed by atoms with Crippen molar-refractivity contribution in [1.29, 1.82) is 0 Å². The Kier molecular flexibility index (Phi) is 7.20. The number of carboxylic acids is 1. The Morgan fingerprint density at radius 3 is 2.34 bits per heavy atom. The van der Waals surface area contributed by atoms with Gasteiger partial charge in [0, 0.05) is 5.57 Å². The molecular formula is C25H26N2O5. The minimum atomic E-state index is -1.10. The van der Waals surface area contributed by atoms with Gasteiger partial charge in [-0.3, -0.25) is 4.79 Å². The average Bonchev–Trinajstić information content (AvgIpc) is 3.09. The normalized spacial score (nSPS) is 16.2. The molecule has 0 saturated heterocycles. The molecule has 0 aromatic heterocycles. The Balaban J connectivity index is 1.87. The molecule has 0 aliphatic carbocycles. The molecule has 0 bridgehead atoms. The molecular weight excluding hydrogens is 408 g/mol. The van der Waals surface area contributed by atoms with Crippen LogP contribution in [0.1, 0.15) is 47.7 Å². The molecule has 0 spiro atoms. The third-order valence-electron chi connectivity index (χ3n) is 5.29. The van der Waals surface area contributed by atoms with Gasteiger partial charge in [0.05, 0.1) is 30.0 Å². The number of benzene rings is 2. The Hall–Kier alpha value is -3.74. The number of nitrogens with zero attached hydrogens (tertiary/aromatic N) is 2. The summed E-state index contributed by atoms with van der Waals surface area (Å²) in [5, 5.41) is 15.7. The predicted molar refractivity (Wildman–Crippen MR) is 123 cm³/mol. The first-order valence-corrected chi connectivity index (χ1v) is 10.4. The number of carbonyl (C=O) groups excluding carboxylic acids is 2. The van der Waals surface area contributed by atoms with Gasteiger partial charge in [-0.2, -0.15) is 5.10 Å². The second-order valence-electron chi connectivity index (χ2n) is 7.67. The number of hydrogen-bond donors (Lipinski definition) is 1. The minimum absolute atomic E-state index is 0.0358. The zero-order chi connectivity index (χ0) is 23.3. The van der Waals surface area contributed by atoms with Crippen LogP contribution in [0.15, 0.2) is 59.2 Å². The highest BCUT2D eigenvalue weighted by atomic mass is 16.5. The van der Waals surface area contributed by atoms with Crippen molar-refractivity contribution in [2.75, 3.05) is 12.1 Å². The maximum Gasteiger partial charge on any atom is 0.337 e. The summed E-state index contributed by atoms with van der Waals surface area (Å²) in [4.78, 5) is 36.7. The van der Waals surface area contributed by atoms with Crippen LogP contribution in [0.4, 0.5) is 5.69 Å².